The lowest BCUT2D eigenvalue weighted by molar-refractivity contribution is 0.0673. The van der Waals surface area contributed by atoms with Crippen LogP contribution in [-0.4, -0.2) is 17.0 Å². The molecule has 1 unspecified atom stereocenters. The van der Waals surface area contributed by atoms with Gasteiger partial charge in [0.1, 0.15) is 6.10 Å². The molecule has 1 atom stereocenters. The summed E-state index contributed by atoms with van der Waals surface area (Å²) in [4.78, 5) is 11.5. The summed E-state index contributed by atoms with van der Waals surface area (Å²) >= 11 is 3.18. The lowest BCUT2D eigenvalue weighted by Gasteiger charge is -2.04. The van der Waals surface area contributed by atoms with Gasteiger partial charge < -0.3 is 9.52 Å². The fraction of sp³-hybridized carbons (Fsp3) is 0.444. The van der Waals surface area contributed by atoms with E-state index >= 15 is 0 Å². The Bertz CT molecular complexity index is 327. The number of hydrogen-bond donors (Lipinski definition) is 1. The van der Waals surface area contributed by atoms with Gasteiger partial charge in [-0.25, -0.2) is 0 Å². The first-order valence-electron chi connectivity index (χ1n) is 4.15. The summed E-state index contributed by atoms with van der Waals surface area (Å²) < 4.78 is 5.58. The third-order valence-corrected chi connectivity index (χ3v) is 2.80. The van der Waals surface area contributed by atoms with E-state index in [4.69, 9.17) is 4.42 Å². The van der Waals surface area contributed by atoms with Crippen molar-refractivity contribution < 1.29 is 14.3 Å². The largest absolute Gasteiger partial charge is 0.460 e. The van der Waals surface area contributed by atoms with E-state index in [9.17, 15) is 9.90 Å². The van der Waals surface area contributed by atoms with Crippen molar-refractivity contribution in [3.63, 3.8) is 0 Å². The van der Waals surface area contributed by atoms with Crippen molar-refractivity contribution in [3.8, 4) is 0 Å². The highest BCUT2D eigenvalue weighted by Crippen LogP contribution is 2.34. The third kappa shape index (κ3) is 1.69. The van der Waals surface area contributed by atoms with Crippen LogP contribution in [0.3, 0.4) is 0 Å². The molecule has 1 aromatic rings. The molecular formula is C9H9BrO3. The smallest absolute Gasteiger partial charge is 0.227 e. The maximum Gasteiger partial charge on any atom is 0.227 e. The molecule has 1 fully saturated rings. The summed E-state index contributed by atoms with van der Waals surface area (Å²) in [7, 11) is 0. The van der Waals surface area contributed by atoms with Crippen molar-refractivity contribution in [2.75, 3.05) is 0 Å². The Morgan fingerprint density at radius 3 is 2.85 bits per heavy atom. The summed E-state index contributed by atoms with van der Waals surface area (Å²) in [5, 5.41) is 9.52. The molecule has 1 aromatic heterocycles. The number of rotatable bonds is 3. The Morgan fingerprint density at radius 1 is 1.69 bits per heavy atom. The molecule has 0 aliphatic heterocycles. The zero-order chi connectivity index (χ0) is 9.42. The van der Waals surface area contributed by atoms with Gasteiger partial charge in [0.25, 0.3) is 0 Å². The molecule has 0 saturated heterocycles. The zero-order valence-electron chi connectivity index (χ0n) is 6.87. The number of furan rings is 1. The van der Waals surface area contributed by atoms with Crippen LogP contribution in [0.1, 0.15) is 23.4 Å². The number of aliphatic hydroxyl groups is 1. The van der Waals surface area contributed by atoms with Crippen LogP contribution in [0.15, 0.2) is 21.2 Å². The minimum atomic E-state index is -0.887. The van der Waals surface area contributed by atoms with E-state index in [0.29, 0.717) is 4.47 Å². The van der Waals surface area contributed by atoms with Gasteiger partial charge in [-0.3, -0.25) is 4.79 Å². The summed E-state index contributed by atoms with van der Waals surface area (Å²) in [6.45, 7) is 0. The first kappa shape index (κ1) is 8.97. The van der Waals surface area contributed by atoms with Crippen LogP contribution in [0.2, 0.25) is 0 Å². The summed E-state index contributed by atoms with van der Waals surface area (Å²) in [6, 6.07) is 1.65. The maximum atomic E-state index is 11.5. The van der Waals surface area contributed by atoms with Gasteiger partial charge in [0.15, 0.2) is 5.76 Å². The Hall–Kier alpha value is -0.610. The lowest BCUT2D eigenvalue weighted by Crippen LogP contribution is -2.22. The zero-order valence-corrected chi connectivity index (χ0v) is 8.45. The molecule has 0 bridgehead atoms. The van der Waals surface area contributed by atoms with E-state index in [2.05, 4.69) is 15.9 Å². The van der Waals surface area contributed by atoms with Crippen LogP contribution in [0.5, 0.6) is 0 Å². The minimum absolute atomic E-state index is 0.143. The summed E-state index contributed by atoms with van der Waals surface area (Å²) in [5.74, 6) is 0.0447. The Labute approximate surface area is 83.9 Å². The molecular weight excluding hydrogens is 236 g/mol. The highest BCUT2D eigenvalue weighted by molar-refractivity contribution is 9.10. The predicted molar refractivity (Wildman–Crippen MR) is 49.5 cm³/mol. The molecule has 1 aliphatic carbocycles. The van der Waals surface area contributed by atoms with E-state index in [1.807, 2.05) is 0 Å². The van der Waals surface area contributed by atoms with E-state index < -0.39 is 6.10 Å². The molecule has 0 amide bonds. The van der Waals surface area contributed by atoms with Crippen LogP contribution < -0.4 is 0 Å². The summed E-state index contributed by atoms with van der Waals surface area (Å²) in [5.41, 5.74) is 0. The molecule has 0 radical (unpaired) electrons. The van der Waals surface area contributed by atoms with Gasteiger partial charge in [-0.05, 0) is 40.8 Å². The monoisotopic (exact) mass is 244 g/mol. The van der Waals surface area contributed by atoms with Gasteiger partial charge in [0.05, 0.1) is 10.7 Å². The molecule has 4 heteroatoms. The van der Waals surface area contributed by atoms with Crippen LogP contribution in [-0.2, 0) is 0 Å². The van der Waals surface area contributed by atoms with Gasteiger partial charge >= 0.3 is 0 Å². The highest BCUT2D eigenvalue weighted by Gasteiger charge is 2.36. The molecule has 1 saturated carbocycles. The van der Waals surface area contributed by atoms with Crippen molar-refractivity contribution in [2.24, 2.45) is 5.92 Å². The Balaban J connectivity index is 2.16. The van der Waals surface area contributed by atoms with E-state index in [-0.39, 0.29) is 17.5 Å². The second kappa shape index (κ2) is 3.27. The number of ketones is 1. The SMILES string of the molecule is O=C(c1occc1Br)C(O)C1CC1. The molecule has 2 rings (SSSR count). The van der Waals surface area contributed by atoms with E-state index in [0.717, 1.165) is 12.8 Å². The fourth-order valence-electron chi connectivity index (χ4n) is 1.23. The molecule has 0 spiro atoms. The van der Waals surface area contributed by atoms with Gasteiger partial charge in [0.2, 0.25) is 5.78 Å². The van der Waals surface area contributed by atoms with Crippen LogP contribution in [0, 0.1) is 5.92 Å². The number of Topliss-reactive ketones (excluding diaryl/α,β-unsaturated/α-hetero) is 1. The van der Waals surface area contributed by atoms with E-state index in [1.165, 1.54) is 6.26 Å². The van der Waals surface area contributed by atoms with Crippen LogP contribution in [0.4, 0.5) is 0 Å². The number of aliphatic hydroxyl groups excluding tert-OH is 1. The van der Waals surface area contributed by atoms with E-state index in [1.54, 1.807) is 6.07 Å². The lowest BCUT2D eigenvalue weighted by atomic mass is 10.1. The second-order valence-electron chi connectivity index (χ2n) is 3.24. The van der Waals surface area contributed by atoms with Gasteiger partial charge in [-0.15, -0.1) is 0 Å². The number of carbonyl (C=O) groups is 1. The number of halogens is 1. The molecule has 0 aromatic carbocycles. The predicted octanol–water partition coefficient (Wildman–Crippen LogP) is 2.00. The molecule has 1 aliphatic rings. The van der Waals surface area contributed by atoms with Crippen molar-refractivity contribution >= 4 is 21.7 Å². The normalized spacial score (nSPS) is 18.6. The van der Waals surface area contributed by atoms with Crippen LogP contribution in [0.25, 0.3) is 0 Å². The maximum absolute atomic E-state index is 11.5. The standard InChI is InChI=1S/C9H9BrO3/c10-6-3-4-13-9(6)8(12)7(11)5-1-2-5/h3-5,7,11H,1-2H2. The molecule has 13 heavy (non-hydrogen) atoms. The Kier molecular flexibility index (Phi) is 2.26. The first-order chi connectivity index (χ1) is 6.20. The third-order valence-electron chi connectivity index (χ3n) is 2.18. The molecule has 3 nitrogen and oxygen atoms in total. The van der Waals surface area contributed by atoms with Gasteiger partial charge in [-0.2, -0.15) is 0 Å². The second-order valence-corrected chi connectivity index (χ2v) is 4.10. The topological polar surface area (TPSA) is 50.4 Å². The number of carbonyl (C=O) groups excluding carboxylic acids is 1. The quantitative estimate of drug-likeness (QED) is 0.828. The minimum Gasteiger partial charge on any atom is -0.460 e. The van der Waals surface area contributed by atoms with Gasteiger partial charge in [-0.1, -0.05) is 0 Å². The van der Waals surface area contributed by atoms with Gasteiger partial charge in [0, 0.05) is 0 Å². The molecule has 1 N–H and O–H groups in total. The van der Waals surface area contributed by atoms with Crippen molar-refractivity contribution in [2.45, 2.75) is 18.9 Å². The summed E-state index contributed by atoms with van der Waals surface area (Å²) in [6.07, 6.45) is 2.41. The Morgan fingerprint density at radius 2 is 2.38 bits per heavy atom. The molecule has 1 heterocycles. The average Bonchev–Trinajstić information content (AvgIpc) is 2.87. The fourth-order valence-corrected chi connectivity index (χ4v) is 1.63. The van der Waals surface area contributed by atoms with Crippen molar-refractivity contribution in [3.05, 3.63) is 22.6 Å². The highest BCUT2D eigenvalue weighted by atomic mass is 79.9. The van der Waals surface area contributed by atoms with Crippen molar-refractivity contribution in [1.82, 2.24) is 0 Å². The average molecular weight is 245 g/mol. The first-order valence-corrected chi connectivity index (χ1v) is 4.94. The van der Waals surface area contributed by atoms with Crippen molar-refractivity contribution in [1.29, 1.82) is 0 Å². The van der Waals surface area contributed by atoms with Crippen LogP contribution >= 0.6 is 15.9 Å². The number of hydrogen-bond acceptors (Lipinski definition) is 3. The molecule has 70 valence electrons.